The maximum Gasteiger partial charge on any atom is 0.338 e. The lowest BCUT2D eigenvalue weighted by atomic mass is 10.2. The molecule has 0 aliphatic heterocycles. The first-order valence-electron chi connectivity index (χ1n) is 9.71. The van der Waals surface area contributed by atoms with Gasteiger partial charge in [-0.3, -0.25) is 9.10 Å². The second-order valence-electron chi connectivity index (χ2n) is 6.66. The molecule has 3 rings (SSSR count). The molecule has 0 spiro atoms. The lowest BCUT2D eigenvalue weighted by Gasteiger charge is -2.22. The average Bonchev–Trinajstić information content (AvgIpc) is 2.80. The molecule has 3 aromatic carbocycles. The van der Waals surface area contributed by atoms with E-state index < -0.39 is 34.3 Å². The highest BCUT2D eigenvalue weighted by atomic mass is 32.2. The molecule has 0 radical (unpaired) electrons. The topological polar surface area (TPSA) is 92.8 Å². The quantitative estimate of drug-likeness (QED) is 0.520. The van der Waals surface area contributed by atoms with Crippen LogP contribution in [0.3, 0.4) is 0 Å². The molecule has 9 heteroatoms. The third kappa shape index (κ3) is 5.50. The zero-order chi connectivity index (χ0) is 23.1. The minimum Gasteiger partial charge on any atom is -0.452 e. The van der Waals surface area contributed by atoms with Crippen molar-refractivity contribution < 1.29 is 27.1 Å². The van der Waals surface area contributed by atoms with Gasteiger partial charge in [-0.2, -0.15) is 0 Å². The number of halogens is 1. The van der Waals surface area contributed by atoms with Gasteiger partial charge >= 0.3 is 5.97 Å². The average molecular weight is 456 g/mol. The molecule has 0 aliphatic carbocycles. The van der Waals surface area contributed by atoms with E-state index in [1.54, 1.807) is 37.3 Å². The standard InChI is InChI=1S/C23H21FN2O5S/c1-2-26(20-6-4-3-5-7-20)32(29,30)21-14-8-17(9-15-21)23(28)31-16-22(27)25-19-12-10-18(24)11-13-19/h3-15H,2,16H2,1H3,(H,25,27). The number of benzene rings is 3. The van der Waals surface area contributed by atoms with Gasteiger partial charge in [0.25, 0.3) is 15.9 Å². The summed E-state index contributed by atoms with van der Waals surface area (Å²) in [6, 6.07) is 19.1. The van der Waals surface area contributed by atoms with Crippen LogP contribution in [0.25, 0.3) is 0 Å². The number of sulfonamides is 1. The molecular weight excluding hydrogens is 435 g/mol. The number of rotatable bonds is 8. The molecule has 0 heterocycles. The van der Waals surface area contributed by atoms with Crippen LogP contribution >= 0.6 is 0 Å². The molecule has 1 amide bonds. The molecule has 7 nitrogen and oxygen atoms in total. The van der Waals surface area contributed by atoms with Crippen molar-refractivity contribution in [1.29, 1.82) is 0 Å². The zero-order valence-electron chi connectivity index (χ0n) is 17.2. The number of hydrogen-bond acceptors (Lipinski definition) is 5. The van der Waals surface area contributed by atoms with E-state index in [1.165, 1.54) is 52.8 Å². The Morgan fingerprint density at radius 1 is 0.938 bits per heavy atom. The normalized spacial score (nSPS) is 10.9. The summed E-state index contributed by atoms with van der Waals surface area (Å²) in [7, 11) is -3.82. The summed E-state index contributed by atoms with van der Waals surface area (Å²) in [6.45, 7) is 1.42. The van der Waals surface area contributed by atoms with Gasteiger partial charge in [0.05, 0.1) is 16.1 Å². The van der Waals surface area contributed by atoms with Gasteiger partial charge in [-0.25, -0.2) is 17.6 Å². The van der Waals surface area contributed by atoms with E-state index >= 15 is 0 Å². The second kappa shape index (κ2) is 10.1. The van der Waals surface area contributed by atoms with Gasteiger partial charge < -0.3 is 10.1 Å². The summed E-state index contributed by atoms with van der Waals surface area (Å²) in [6.07, 6.45) is 0. The molecule has 0 bridgehead atoms. The predicted molar refractivity (Wildman–Crippen MR) is 118 cm³/mol. The van der Waals surface area contributed by atoms with E-state index in [1.807, 2.05) is 0 Å². The Balaban J connectivity index is 1.63. The molecule has 0 aromatic heterocycles. The first-order chi connectivity index (χ1) is 15.3. The van der Waals surface area contributed by atoms with Crippen LogP contribution in [0.4, 0.5) is 15.8 Å². The van der Waals surface area contributed by atoms with Crippen LogP contribution < -0.4 is 9.62 Å². The van der Waals surface area contributed by atoms with E-state index in [-0.39, 0.29) is 17.0 Å². The Morgan fingerprint density at radius 2 is 1.56 bits per heavy atom. The number of ether oxygens (including phenoxy) is 1. The largest absolute Gasteiger partial charge is 0.452 e. The maximum atomic E-state index is 13.0. The predicted octanol–water partition coefficient (Wildman–Crippen LogP) is 3.84. The van der Waals surface area contributed by atoms with E-state index in [0.717, 1.165) is 0 Å². The molecule has 1 N–H and O–H groups in total. The number of nitrogens with zero attached hydrogens (tertiary/aromatic N) is 1. The van der Waals surface area contributed by atoms with Crippen LogP contribution in [0.2, 0.25) is 0 Å². The molecule has 0 saturated heterocycles. The minimum atomic E-state index is -3.82. The lowest BCUT2D eigenvalue weighted by Crippen LogP contribution is -2.30. The summed E-state index contributed by atoms with van der Waals surface area (Å²) < 4.78 is 45.1. The van der Waals surface area contributed by atoms with Gasteiger partial charge in [0.2, 0.25) is 0 Å². The summed E-state index contributed by atoms with van der Waals surface area (Å²) in [4.78, 5) is 24.1. The molecule has 3 aromatic rings. The van der Waals surface area contributed by atoms with Gasteiger partial charge in [0.1, 0.15) is 5.82 Å². The van der Waals surface area contributed by atoms with E-state index in [9.17, 15) is 22.4 Å². The molecule has 0 saturated carbocycles. The Hall–Kier alpha value is -3.72. The Bertz CT molecular complexity index is 1180. The highest BCUT2D eigenvalue weighted by Gasteiger charge is 2.24. The molecule has 166 valence electrons. The highest BCUT2D eigenvalue weighted by Crippen LogP contribution is 2.23. The molecule has 32 heavy (non-hydrogen) atoms. The smallest absolute Gasteiger partial charge is 0.338 e. The highest BCUT2D eigenvalue weighted by molar-refractivity contribution is 7.92. The van der Waals surface area contributed by atoms with Gasteiger partial charge in [0.15, 0.2) is 6.61 Å². The number of hydrogen-bond donors (Lipinski definition) is 1. The fourth-order valence-corrected chi connectivity index (χ4v) is 4.39. The number of para-hydroxylation sites is 1. The minimum absolute atomic E-state index is 0.0220. The molecule has 0 unspecified atom stereocenters. The Labute approximate surface area is 185 Å². The SMILES string of the molecule is CCN(c1ccccc1)S(=O)(=O)c1ccc(C(=O)OCC(=O)Nc2ccc(F)cc2)cc1. The number of carbonyl (C=O) groups is 2. The zero-order valence-corrected chi connectivity index (χ0v) is 18.0. The van der Waals surface area contributed by atoms with E-state index in [2.05, 4.69) is 5.32 Å². The number of anilines is 2. The van der Waals surface area contributed by atoms with Crippen LogP contribution in [0, 0.1) is 5.82 Å². The van der Waals surface area contributed by atoms with Crippen molar-refractivity contribution in [2.75, 3.05) is 22.8 Å². The molecule has 0 atom stereocenters. The van der Waals surface area contributed by atoms with Crippen LogP contribution in [0.15, 0.2) is 83.8 Å². The van der Waals surface area contributed by atoms with Crippen LogP contribution in [-0.4, -0.2) is 33.4 Å². The molecule has 0 aliphatic rings. The van der Waals surface area contributed by atoms with Gasteiger partial charge in [-0.15, -0.1) is 0 Å². The lowest BCUT2D eigenvalue weighted by molar-refractivity contribution is -0.119. The van der Waals surface area contributed by atoms with Gasteiger partial charge in [0, 0.05) is 12.2 Å². The van der Waals surface area contributed by atoms with Crippen molar-refractivity contribution in [3.8, 4) is 0 Å². The van der Waals surface area contributed by atoms with Crippen molar-refractivity contribution in [3.63, 3.8) is 0 Å². The third-order valence-corrected chi connectivity index (χ3v) is 6.39. The number of nitrogens with one attached hydrogen (secondary N) is 1. The van der Waals surface area contributed by atoms with Crippen molar-refractivity contribution in [3.05, 3.63) is 90.2 Å². The summed E-state index contributed by atoms with van der Waals surface area (Å²) in [5.41, 5.74) is 0.993. The maximum absolute atomic E-state index is 13.0. The van der Waals surface area contributed by atoms with Crippen molar-refractivity contribution >= 4 is 33.3 Å². The summed E-state index contributed by atoms with van der Waals surface area (Å²) >= 11 is 0. The Morgan fingerprint density at radius 3 is 2.16 bits per heavy atom. The Kier molecular flexibility index (Phi) is 7.21. The monoisotopic (exact) mass is 456 g/mol. The summed E-state index contributed by atoms with van der Waals surface area (Å²) in [5.74, 6) is -1.81. The molecular formula is C23H21FN2O5S. The number of carbonyl (C=O) groups excluding carboxylic acids is 2. The fourth-order valence-electron chi connectivity index (χ4n) is 2.92. The third-order valence-electron chi connectivity index (χ3n) is 4.47. The molecule has 0 fully saturated rings. The van der Waals surface area contributed by atoms with Gasteiger partial charge in [-0.1, -0.05) is 18.2 Å². The fraction of sp³-hybridized carbons (Fsp3) is 0.130. The van der Waals surface area contributed by atoms with E-state index in [0.29, 0.717) is 11.4 Å². The van der Waals surface area contributed by atoms with Crippen LogP contribution in [-0.2, 0) is 19.6 Å². The van der Waals surface area contributed by atoms with Crippen LogP contribution in [0.5, 0.6) is 0 Å². The second-order valence-corrected chi connectivity index (χ2v) is 8.52. The first-order valence-corrected chi connectivity index (χ1v) is 11.2. The van der Waals surface area contributed by atoms with Crippen molar-refractivity contribution in [2.45, 2.75) is 11.8 Å². The van der Waals surface area contributed by atoms with Crippen molar-refractivity contribution in [2.24, 2.45) is 0 Å². The van der Waals surface area contributed by atoms with Gasteiger partial charge in [-0.05, 0) is 67.6 Å². The number of esters is 1. The summed E-state index contributed by atoms with van der Waals surface area (Å²) in [5, 5.41) is 2.47. The van der Waals surface area contributed by atoms with E-state index in [4.69, 9.17) is 4.74 Å². The first kappa shape index (κ1) is 23.0. The van der Waals surface area contributed by atoms with Crippen LogP contribution in [0.1, 0.15) is 17.3 Å². The van der Waals surface area contributed by atoms with Crippen molar-refractivity contribution in [1.82, 2.24) is 0 Å². The number of amides is 1.